The van der Waals surface area contributed by atoms with Crippen molar-refractivity contribution in [2.75, 3.05) is 0 Å². The highest BCUT2D eigenvalue weighted by Gasteiger charge is 2.49. The van der Waals surface area contributed by atoms with Crippen LogP contribution in [0.15, 0.2) is 0 Å². The number of rotatable bonds is 7. The van der Waals surface area contributed by atoms with Crippen molar-refractivity contribution in [1.29, 1.82) is 0 Å². The van der Waals surface area contributed by atoms with E-state index in [1.165, 1.54) is 0 Å². The Bertz CT molecular complexity index is 209. The molecule has 0 aromatic rings. The molecule has 0 radical (unpaired) electrons. The molecule has 104 valence electrons. The van der Waals surface area contributed by atoms with Gasteiger partial charge in [-0.2, -0.15) is 13.2 Å². The lowest BCUT2D eigenvalue weighted by Crippen LogP contribution is -2.43. The molecule has 0 amide bonds. The maximum Gasteiger partial charge on any atom is 0.416 e. The lowest BCUT2D eigenvalue weighted by atomic mass is 9.89. The Hall–Kier alpha value is -0.250. The van der Waals surface area contributed by atoms with Gasteiger partial charge >= 0.3 is 6.18 Å². The molecule has 4 heteroatoms. The summed E-state index contributed by atoms with van der Waals surface area (Å²) in [5.74, 6) is 0.544. The fourth-order valence-corrected chi connectivity index (χ4v) is 1.94. The molecule has 0 spiro atoms. The van der Waals surface area contributed by atoms with E-state index >= 15 is 0 Å². The Kier molecular flexibility index (Phi) is 6.52. The molecule has 0 aromatic heterocycles. The first-order valence-electron chi connectivity index (χ1n) is 6.35. The minimum absolute atomic E-state index is 0.0983. The van der Waals surface area contributed by atoms with Crippen LogP contribution in [0.5, 0.6) is 0 Å². The van der Waals surface area contributed by atoms with Crippen LogP contribution >= 0.6 is 0 Å². The van der Waals surface area contributed by atoms with Gasteiger partial charge in [0.15, 0.2) is 5.60 Å². The Morgan fingerprint density at radius 3 is 1.88 bits per heavy atom. The molecule has 0 aromatic carbocycles. The molecule has 2 atom stereocenters. The second-order valence-corrected chi connectivity index (χ2v) is 5.76. The largest absolute Gasteiger partial charge is 0.416 e. The van der Waals surface area contributed by atoms with Crippen LogP contribution in [-0.2, 0) is 0 Å². The van der Waals surface area contributed by atoms with Crippen LogP contribution in [0.4, 0.5) is 13.2 Å². The Morgan fingerprint density at radius 1 is 1.00 bits per heavy atom. The summed E-state index contributed by atoms with van der Waals surface area (Å²) in [6, 6.07) is 0. The van der Waals surface area contributed by atoms with Crippen LogP contribution in [0, 0.1) is 11.8 Å². The highest BCUT2D eigenvalue weighted by molar-refractivity contribution is 4.83. The van der Waals surface area contributed by atoms with Crippen molar-refractivity contribution in [2.45, 2.75) is 71.6 Å². The van der Waals surface area contributed by atoms with Crippen molar-refractivity contribution in [3.05, 3.63) is 0 Å². The molecule has 0 heterocycles. The van der Waals surface area contributed by atoms with Crippen molar-refractivity contribution < 1.29 is 18.3 Å². The quantitative estimate of drug-likeness (QED) is 0.661. The Morgan fingerprint density at radius 2 is 1.47 bits per heavy atom. The smallest absolute Gasteiger partial charge is 0.381 e. The molecule has 0 aliphatic carbocycles. The summed E-state index contributed by atoms with van der Waals surface area (Å²) in [7, 11) is 0. The van der Waals surface area contributed by atoms with Gasteiger partial charge in [0.05, 0.1) is 0 Å². The first kappa shape index (κ1) is 16.8. The lowest BCUT2D eigenvalue weighted by molar-refractivity contribution is -0.258. The van der Waals surface area contributed by atoms with Gasteiger partial charge in [-0.15, -0.1) is 0 Å². The number of aliphatic hydroxyl groups is 1. The minimum Gasteiger partial charge on any atom is -0.381 e. The van der Waals surface area contributed by atoms with Crippen LogP contribution in [0.3, 0.4) is 0 Å². The molecule has 0 saturated carbocycles. The Labute approximate surface area is 102 Å². The molecule has 0 bridgehead atoms. The molecule has 2 unspecified atom stereocenters. The zero-order chi connectivity index (χ0) is 13.7. The van der Waals surface area contributed by atoms with Crippen LogP contribution < -0.4 is 0 Å². The molecular formula is C13H25F3O. The van der Waals surface area contributed by atoms with Crippen LogP contribution in [-0.4, -0.2) is 16.9 Å². The summed E-state index contributed by atoms with van der Waals surface area (Å²) in [5, 5.41) is 9.34. The van der Waals surface area contributed by atoms with Gasteiger partial charge in [-0.3, -0.25) is 0 Å². The average Bonchev–Trinajstić information content (AvgIpc) is 2.09. The summed E-state index contributed by atoms with van der Waals surface area (Å²) in [4.78, 5) is 0. The van der Waals surface area contributed by atoms with Crippen LogP contribution in [0.25, 0.3) is 0 Å². The molecule has 0 fully saturated rings. The number of hydrogen-bond acceptors (Lipinski definition) is 1. The first-order valence-corrected chi connectivity index (χ1v) is 6.35. The highest BCUT2D eigenvalue weighted by atomic mass is 19.4. The van der Waals surface area contributed by atoms with Crippen LogP contribution in [0.2, 0.25) is 0 Å². The van der Waals surface area contributed by atoms with Crippen molar-refractivity contribution in [3.63, 3.8) is 0 Å². The minimum atomic E-state index is -4.53. The zero-order valence-corrected chi connectivity index (χ0v) is 11.3. The van der Waals surface area contributed by atoms with E-state index < -0.39 is 11.8 Å². The van der Waals surface area contributed by atoms with E-state index in [1.807, 2.05) is 0 Å². The lowest BCUT2D eigenvalue weighted by Gasteiger charge is -2.29. The number of unbranched alkanes of at least 4 members (excludes halogenated alkanes) is 1. The third-order valence-electron chi connectivity index (χ3n) is 3.09. The molecule has 17 heavy (non-hydrogen) atoms. The fraction of sp³-hybridized carbons (Fsp3) is 1.00. The number of alkyl halides is 3. The monoisotopic (exact) mass is 254 g/mol. The second-order valence-electron chi connectivity index (χ2n) is 5.76. The van der Waals surface area contributed by atoms with Crippen molar-refractivity contribution in [1.82, 2.24) is 0 Å². The topological polar surface area (TPSA) is 20.2 Å². The summed E-state index contributed by atoms with van der Waals surface area (Å²) in [6.45, 7) is 6.91. The molecule has 1 nitrogen and oxygen atoms in total. The third-order valence-corrected chi connectivity index (χ3v) is 3.09. The average molecular weight is 254 g/mol. The second kappa shape index (κ2) is 6.62. The van der Waals surface area contributed by atoms with E-state index in [1.54, 1.807) is 6.92 Å². The van der Waals surface area contributed by atoms with E-state index in [4.69, 9.17) is 0 Å². The third kappa shape index (κ3) is 6.92. The predicted octanol–water partition coefficient (Wildman–Crippen LogP) is 4.54. The van der Waals surface area contributed by atoms with Gasteiger partial charge in [-0.1, -0.05) is 46.5 Å². The van der Waals surface area contributed by atoms with Gasteiger partial charge in [0.25, 0.3) is 0 Å². The summed E-state index contributed by atoms with van der Waals surface area (Å²) < 4.78 is 37.3. The van der Waals surface area contributed by atoms with Gasteiger partial charge in [0.2, 0.25) is 0 Å². The predicted molar refractivity (Wildman–Crippen MR) is 63.8 cm³/mol. The summed E-state index contributed by atoms with van der Waals surface area (Å²) in [5.41, 5.74) is -2.55. The summed E-state index contributed by atoms with van der Waals surface area (Å²) in [6.07, 6.45) is -0.887. The maximum absolute atomic E-state index is 12.4. The van der Waals surface area contributed by atoms with E-state index in [-0.39, 0.29) is 12.3 Å². The normalized spacial score (nSPS) is 18.2. The molecule has 0 aliphatic rings. The van der Waals surface area contributed by atoms with Gasteiger partial charge < -0.3 is 5.11 Å². The fourth-order valence-electron chi connectivity index (χ4n) is 1.94. The van der Waals surface area contributed by atoms with Gasteiger partial charge in [0, 0.05) is 0 Å². The molecule has 0 rings (SSSR count). The number of hydrogen-bond donors (Lipinski definition) is 1. The maximum atomic E-state index is 12.4. The molecule has 0 saturated heterocycles. The molecule has 0 aliphatic heterocycles. The van der Waals surface area contributed by atoms with E-state index in [0.29, 0.717) is 5.92 Å². The van der Waals surface area contributed by atoms with E-state index in [9.17, 15) is 18.3 Å². The zero-order valence-electron chi connectivity index (χ0n) is 11.3. The standard InChI is InChI=1S/C13H25F3O/c1-10(2)7-5-6-8-11(3)9-12(4,17)13(14,15)16/h10-11,17H,5-9H2,1-4H3. The summed E-state index contributed by atoms with van der Waals surface area (Å²) >= 11 is 0. The Balaban J connectivity index is 3.90. The van der Waals surface area contributed by atoms with Crippen molar-refractivity contribution in [2.24, 2.45) is 11.8 Å². The molecular weight excluding hydrogens is 229 g/mol. The van der Waals surface area contributed by atoms with Crippen LogP contribution in [0.1, 0.15) is 59.8 Å². The van der Waals surface area contributed by atoms with Gasteiger partial charge in [-0.25, -0.2) is 0 Å². The van der Waals surface area contributed by atoms with Crippen molar-refractivity contribution >= 4 is 0 Å². The van der Waals surface area contributed by atoms with E-state index in [2.05, 4.69) is 13.8 Å². The van der Waals surface area contributed by atoms with E-state index in [0.717, 1.165) is 32.6 Å². The van der Waals surface area contributed by atoms with Crippen molar-refractivity contribution in [3.8, 4) is 0 Å². The van der Waals surface area contributed by atoms with Gasteiger partial charge in [0.1, 0.15) is 0 Å². The van der Waals surface area contributed by atoms with Gasteiger partial charge in [-0.05, 0) is 25.2 Å². The SMILES string of the molecule is CC(C)CCCCC(C)CC(C)(O)C(F)(F)F. The molecule has 1 N–H and O–H groups in total. The highest BCUT2D eigenvalue weighted by Crippen LogP contribution is 2.35. The number of halogens is 3. The first-order chi connectivity index (χ1) is 7.56.